The van der Waals surface area contributed by atoms with Gasteiger partial charge in [0, 0.05) is 25.4 Å². The Hall–Kier alpha value is -1.30. The first-order valence-electron chi connectivity index (χ1n) is 5.72. The lowest BCUT2D eigenvalue weighted by atomic mass is 9.88. The first kappa shape index (κ1) is 13.8. The van der Waals surface area contributed by atoms with Crippen LogP contribution in [0.5, 0.6) is 0 Å². The molecule has 0 spiro atoms. The van der Waals surface area contributed by atoms with Gasteiger partial charge in [-0.1, -0.05) is 20.8 Å². The summed E-state index contributed by atoms with van der Waals surface area (Å²) in [7, 11) is 1.59. The number of ether oxygens (including phenoxy) is 1. The Labute approximate surface area is 101 Å². The van der Waals surface area contributed by atoms with Gasteiger partial charge in [-0.2, -0.15) is 5.06 Å². The van der Waals surface area contributed by atoms with Crippen LogP contribution in [0.15, 0.2) is 0 Å². The molecule has 0 radical (unpaired) electrons. The van der Waals surface area contributed by atoms with Crippen LogP contribution in [0.4, 0.5) is 4.79 Å². The average molecular weight is 244 g/mol. The van der Waals surface area contributed by atoms with Crippen molar-refractivity contribution in [2.45, 2.75) is 39.8 Å². The van der Waals surface area contributed by atoms with E-state index < -0.39 is 23.6 Å². The van der Waals surface area contributed by atoms with E-state index in [1.165, 1.54) is 4.90 Å². The summed E-state index contributed by atoms with van der Waals surface area (Å²) in [5.41, 5.74) is -0.513. The van der Waals surface area contributed by atoms with Crippen molar-refractivity contribution in [1.29, 1.82) is 0 Å². The number of carbonyl (C=O) groups is 2. The molecule has 0 bridgehead atoms. The third-order valence-corrected chi connectivity index (χ3v) is 2.76. The molecule has 98 valence electrons. The standard InChI is InChI=1S/C11H20N2O4/c1-5-6-8(14)17-9-11(2,3)7-12(4)10(15)13(9)16/h9,16H,5-7H2,1-4H3. The van der Waals surface area contributed by atoms with Crippen molar-refractivity contribution < 1.29 is 19.5 Å². The van der Waals surface area contributed by atoms with Gasteiger partial charge in [0.15, 0.2) is 0 Å². The second-order valence-electron chi connectivity index (χ2n) is 5.06. The minimum atomic E-state index is -0.926. The van der Waals surface area contributed by atoms with Gasteiger partial charge >= 0.3 is 12.0 Å². The third-order valence-electron chi connectivity index (χ3n) is 2.76. The Bertz CT molecular complexity index is 317. The number of hydroxylamine groups is 2. The van der Waals surface area contributed by atoms with Crippen LogP contribution in [-0.2, 0) is 9.53 Å². The van der Waals surface area contributed by atoms with Gasteiger partial charge in [0.05, 0.1) is 0 Å². The Morgan fingerprint density at radius 1 is 1.59 bits per heavy atom. The lowest BCUT2D eigenvalue weighted by molar-refractivity contribution is -0.236. The smallest absolute Gasteiger partial charge is 0.346 e. The molecular weight excluding hydrogens is 224 g/mol. The lowest BCUT2D eigenvalue weighted by Gasteiger charge is -2.45. The minimum absolute atomic E-state index is 0.282. The van der Waals surface area contributed by atoms with Gasteiger partial charge in [-0.15, -0.1) is 0 Å². The van der Waals surface area contributed by atoms with E-state index in [0.717, 1.165) is 0 Å². The number of nitrogens with zero attached hydrogens (tertiary/aromatic N) is 2. The minimum Gasteiger partial charge on any atom is -0.438 e. The SMILES string of the molecule is CCCC(=O)OC1N(O)C(=O)N(C)CC1(C)C. The molecule has 1 fully saturated rings. The largest absolute Gasteiger partial charge is 0.438 e. The predicted molar refractivity (Wildman–Crippen MR) is 60.2 cm³/mol. The fourth-order valence-corrected chi connectivity index (χ4v) is 1.96. The molecule has 0 aromatic rings. The summed E-state index contributed by atoms with van der Waals surface area (Å²) in [5.74, 6) is -0.401. The van der Waals surface area contributed by atoms with Crippen molar-refractivity contribution in [3.05, 3.63) is 0 Å². The van der Waals surface area contributed by atoms with Crippen molar-refractivity contribution in [3.8, 4) is 0 Å². The van der Waals surface area contributed by atoms with E-state index in [9.17, 15) is 14.8 Å². The Morgan fingerprint density at radius 2 is 2.18 bits per heavy atom. The van der Waals surface area contributed by atoms with Gasteiger partial charge in [-0.3, -0.25) is 10.0 Å². The van der Waals surface area contributed by atoms with E-state index in [1.807, 2.05) is 20.8 Å². The van der Waals surface area contributed by atoms with E-state index in [1.54, 1.807) is 7.05 Å². The number of urea groups is 1. The van der Waals surface area contributed by atoms with Crippen LogP contribution in [0.3, 0.4) is 0 Å². The van der Waals surface area contributed by atoms with Crippen LogP contribution in [0, 0.1) is 5.41 Å². The van der Waals surface area contributed by atoms with E-state index in [2.05, 4.69) is 0 Å². The molecule has 0 aliphatic carbocycles. The highest BCUT2D eigenvalue weighted by molar-refractivity contribution is 5.75. The first-order valence-corrected chi connectivity index (χ1v) is 5.72. The number of hydrogen-bond donors (Lipinski definition) is 1. The maximum atomic E-state index is 11.6. The zero-order chi connectivity index (χ0) is 13.2. The normalized spacial score (nSPS) is 23.8. The molecule has 6 heteroatoms. The molecular formula is C11H20N2O4. The lowest BCUT2D eigenvalue weighted by Crippen LogP contribution is -2.61. The first-order chi connectivity index (χ1) is 7.79. The highest BCUT2D eigenvalue weighted by atomic mass is 16.6. The Morgan fingerprint density at radius 3 is 2.71 bits per heavy atom. The van der Waals surface area contributed by atoms with Gasteiger partial charge in [-0.05, 0) is 6.42 Å². The van der Waals surface area contributed by atoms with Crippen LogP contribution < -0.4 is 0 Å². The summed E-state index contributed by atoms with van der Waals surface area (Å²) in [5, 5.41) is 10.2. The second kappa shape index (κ2) is 4.91. The fourth-order valence-electron chi connectivity index (χ4n) is 1.96. The summed E-state index contributed by atoms with van der Waals surface area (Å²) in [6.45, 7) is 5.96. The van der Waals surface area contributed by atoms with Gasteiger partial charge in [0.25, 0.3) is 0 Å². The summed E-state index contributed by atoms with van der Waals surface area (Å²) >= 11 is 0. The van der Waals surface area contributed by atoms with E-state index in [4.69, 9.17) is 4.74 Å². The molecule has 1 aliphatic rings. The van der Waals surface area contributed by atoms with Crippen molar-refractivity contribution in [2.24, 2.45) is 5.41 Å². The topological polar surface area (TPSA) is 70.1 Å². The molecule has 6 nitrogen and oxygen atoms in total. The molecule has 2 amide bonds. The van der Waals surface area contributed by atoms with Crippen LogP contribution in [0.25, 0.3) is 0 Å². The number of hydrogen-bond acceptors (Lipinski definition) is 4. The molecule has 1 atom stereocenters. The fraction of sp³-hybridized carbons (Fsp3) is 0.818. The highest BCUT2D eigenvalue weighted by Crippen LogP contribution is 2.31. The maximum Gasteiger partial charge on any atom is 0.346 e. The molecule has 17 heavy (non-hydrogen) atoms. The van der Waals surface area contributed by atoms with Crippen LogP contribution in [-0.4, -0.2) is 47.0 Å². The Balaban J connectivity index is 2.80. The molecule has 1 heterocycles. The van der Waals surface area contributed by atoms with Crippen LogP contribution in [0.1, 0.15) is 33.6 Å². The molecule has 1 N–H and O–H groups in total. The molecule has 0 aromatic carbocycles. The molecule has 1 aliphatic heterocycles. The highest BCUT2D eigenvalue weighted by Gasteiger charge is 2.46. The number of esters is 1. The molecule has 1 unspecified atom stereocenters. The Kier molecular flexibility index (Phi) is 3.98. The molecule has 0 aromatic heterocycles. The zero-order valence-corrected chi connectivity index (χ0v) is 10.8. The van der Waals surface area contributed by atoms with Gasteiger partial charge in [0.2, 0.25) is 6.23 Å². The van der Waals surface area contributed by atoms with Crippen molar-refractivity contribution in [3.63, 3.8) is 0 Å². The van der Waals surface area contributed by atoms with Gasteiger partial charge < -0.3 is 9.64 Å². The number of rotatable bonds is 3. The summed E-state index contributed by atoms with van der Waals surface area (Å²) in [4.78, 5) is 24.4. The molecule has 0 saturated carbocycles. The van der Waals surface area contributed by atoms with Crippen LogP contribution >= 0.6 is 0 Å². The van der Waals surface area contributed by atoms with E-state index in [0.29, 0.717) is 18.0 Å². The van der Waals surface area contributed by atoms with Crippen molar-refractivity contribution >= 4 is 12.0 Å². The quantitative estimate of drug-likeness (QED) is 0.602. The summed E-state index contributed by atoms with van der Waals surface area (Å²) in [6.07, 6.45) is 0.0284. The predicted octanol–water partition coefficient (Wildman–Crippen LogP) is 1.44. The summed E-state index contributed by atoms with van der Waals surface area (Å²) in [6, 6.07) is -0.557. The molecule has 1 rings (SSSR count). The average Bonchev–Trinajstić information content (AvgIpc) is 2.21. The van der Waals surface area contributed by atoms with Gasteiger partial charge in [-0.25, -0.2) is 4.79 Å². The number of amides is 2. The van der Waals surface area contributed by atoms with Crippen molar-refractivity contribution in [1.82, 2.24) is 9.96 Å². The monoisotopic (exact) mass is 244 g/mol. The molecule has 1 saturated heterocycles. The van der Waals surface area contributed by atoms with E-state index in [-0.39, 0.29) is 6.42 Å². The van der Waals surface area contributed by atoms with Gasteiger partial charge in [0.1, 0.15) is 0 Å². The van der Waals surface area contributed by atoms with Crippen LogP contribution in [0.2, 0.25) is 0 Å². The zero-order valence-electron chi connectivity index (χ0n) is 10.8. The summed E-state index contributed by atoms with van der Waals surface area (Å²) < 4.78 is 5.17. The van der Waals surface area contributed by atoms with Crippen molar-refractivity contribution in [2.75, 3.05) is 13.6 Å². The third kappa shape index (κ3) is 2.88. The second-order valence-corrected chi connectivity index (χ2v) is 5.06. The maximum absolute atomic E-state index is 11.6. The van der Waals surface area contributed by atoms with E-state index >= 15 is 0 Å². The number of carbonyl (C=O) groups excluding carboxylic acids is 2.